The molecule has 0 bridgehead atoms. The number of carbonyl (C=O) groups excluding carboxylic acids is 2. The number of nitriles is 1. The van der Waals surface area contributed by atoms with Gasteiger partial charge in [-0.25, -0.2) is 0 Å². The number of carbonyl (C=O) groups is 2. The molecule has 2 amide bonds. The molecule has 0 spiro atoms. The van der Waals surface area contributed by atoms with Crippen LogP contribution >= 0.6 is 0 Å². The zero-order valence-corrected chi connectivity index (χ0v) is 16.3. The molecule has 30 heavy (non-hydrogen) atoms. The van der Waals surface area contributed by atoms with Crippen molar-refractivity contribution in [2.75, 3.05) is 18.4 Å². The van der Waals surface area contributed by atoms with E-state index in [1.54, 1.807) is 48.7 Å². The van der Waals surface area contributed by atoms with Gasteiger partial charge in [-0.15, -0.1) is 0 Å². The molecule has 0 aliphatic carbocycles. The monoisotopic (exact) mass is 406 g/mol. The second-order valence-electron chi connectivity index (χ2n) is 6.55. The standard InChI is InChI=1S/C22H22N4O4/c23-10-5-11-26(15-18-7-4-13-30-18)16-21(27)25-20-9-2-1-8-19(20)22(28)24-14-17-6-3-12-29-17/h1-4,6-9,12-13H,5,11,14-16H2,(H,24,28)(H,25,27). The molecule has 3 rings (SSSR count). The number of benzene rings is 1. The highest BCUT2D eigenvalue weighted by Crippen LogP contribution is 2.16. The zero-order valence-electron chi connectivity index (χ0n) is 16.3. The molecule has 2 aromatic heterocycles. The highest BCUT2D eigenvalue weighted by atomic mass is 16.3. The third-order valence-electron chi connectivity index (χ3n) is 4.32. The molecule has 0 saturated heterocycles. The number of para-hydroxylation sites is 1. The Morgan fingerprint density at radius 1 is 1.00 bits per heavy atom. The third kappa shape index (κ3) is 6.09. The lowest BCUT2D eigenvalue weighted by Gasteiger charge is -2.20. The van der Waals surface area contributed by atoms with E-state index in [4.69, 9.17) is 14.1 Å². The molecule has 3 aromatic rings. The Kier molecular flexibility index (Phi) is 7.41. The number of nitrogens with zero attached hydrogens (tertiary/aromatic N) is 2. The van der Waals surface area contributed by atoms with Crippen molar-refractivity contribution in [2.24, 2.45) is 0 Å². The van der Waals surface area contributed by atoms with Gasteiger partial charge in [-0.05, 0) is 36.4 Å². The van der Waals surface area contributed by atoms with Crippen LogP contribution in [0.1, 0.15) is 28.3 Å². The molecule has 1 aromatic carbocycles. The Hall–Kier alpha value is -3.83. The van der Waals surface area contributed by atoms with Gasteiger partial charge in [0.1, 0.15) is 11.5 Å². The average molecular weight is 406 g/mol. The van der Waals surface area contributed by atoms with Crippen molar-refractivity contribution in [2.45, 2.75) is 19.5 Å². The van der Waals surface area contributed by atoms with E-state index in [9.17, 15) is 9.59 Å². The first-order valence-electron chi connectivity index (χ1n) is 9.47. The number of hydrogen-bond acceptors (Lipinski definition) is 6. The van der Waals surface area contributed by atoms with Crippen molar-refractivity contribution >= 4 is 17.5 Å². The molecule has 2 heterocycles. The van der Waals surface area contributed by atoms with E-state index in [1.807, 2.05) is 11.0 Å². The number of nitrogens with one attached hydrogen (secondary N) is 2. The van der Waals surface area contributed by atoms with E-state index < -0.39 is 0 Å². The Morgan fingerprint density at radius 2 is 1.73 bits per heavy atom. The maximum Gasteiger partial charge on any atom is 0.253 e. The van der Waals surface area contributed by atoms with Crippen LogP contribution in [0.4, 0.5) is 5.69 Å². The number of hydrogen-bond donors (Lipinski definition) is 2. The quantitative estimate of drug-likeness (QED) is 0.535. The van der Waals surface area contributed by atoms with Crippen LogP contribution in [-0.2, 0) is 17.9 Å². The van der Waals surface area contributed by atoms with E-state index in [-0.39, 0.29) is 24.9 Å². The van der Waals surface area contributed by atoms with E-state index in [0.717, 1.165) is 0 Å². The molecule has 154 valence electrons. The van der Waals surface area contributed by atoms with Gasteiger partial charge >= 0.3 is 0 Å². The Balaban J connectivity index is 1.62. The van der Waals surface area contributed by atoms with Crippen molar-refractivity contribution in [3.05, 3.63) is 78.1 Å². The number of amides is 2. The third-order valence-corrected chi connectivity index (χ3v) is 4.32. The van der Waals surface area contributed by atoms with Crippen molar-refractivity contribution in [3.63, 3.8) is 0 Å². The second-order valence-corrected chi connectivity index (χ2v) is 6.55. The van der Waals surface area contributed by atoms with Crippen LogP contribution in [0.5, 0.6) is 0 Å². The summed E-state index contributed by atoms with van der Waals surface area (Å²) in [6, 6.07) is 16.0. The van der Waals surface area contributed by atoms with Gasteiger partial charge in [0, 0.05) is 13.0 Å². The average Bonchev–Trinajstić information content (AvgIpc) is 3.45. The van der Waals surface area contributed by atoms with Gasteiger partial charge in [-0.3, -0.25) is 14.5 Å². The summed E-state index contributed by atoms with van der Waals surface area (Å²) in [6.45, 7) is 1.15. The van der Waals surface area contributed by atoms with Crippen molar-refractivity contribution in [1.29, 1.82) is 5.26 Å². The van der Waals surface area contributed by atoms with Crippen molar-refractivity contribution < 1.29 is 18.4 Å². The van der Waals surface area contributed by atoms with Crippen LogP contribution in [0.3, 0.4) is 0 Å². The molecule has 2 N–H and O–H groups in total. The van der Waals surface area contributed by atoms with E-state index in [0.29, 0.717) is 42.3 Å². The van der Waals surface area contributed by atoms with E-state index in [2.05, 4.69) is 16.7 Å². The van der Waals surface area contributed by atoms with Gasteiger partial charge < -0.3 is 19.5 Å². The summed E-state index contributed by atoms with van der Waals surface area (Å²) >= 11 is 0. The zero-order chi connectivity index (χ0) is 21.2. The highest BCUT2D eigenvalue weighted by molar-refractivity contribution is 6.04. The summed E-state index contributed by atoms with van der Waals surface area (Å²) < 4.78 is 10.5. The smallest absolute Gasteiger partial charge is 0.253 e. The van der Waals surface area contributed by atoms with Gasteiger partial charge in [0.2, 0.25) is 5.91 Å². The van der Waals surface area contributed by atoms with Crippen LogP contribution < -0.4 is 10.6 Å². The first-order valence-corrected chi connectivity index (χ1v) is 9.47. The Bertz CT molecular complexity index is 991. The summed E-state index contributed by atoms with van der Waals surface area (Å²) in [5.74, 6) is 0.736. The summed E-state index contributed by atoms with van der Waals surface area (Å²) in [5.41, 5.74) is 0.768. The largest absolute Gasteiger partial charge is 0.468 e. The maximum absolute atomic E-state index is 12.6. The Morgan fingerprint density at radius 3 is 2.43 bits per heavy atom. The van der Waals surface area contributed by atoms with Gasteiger partial charge in [0.25, 0.3) is 5.91 Å². The highest BCUT2D eigenvalue weighted by Gasteiger charge is 2.16. The van der Waals surface area contributed by atoms with Crippen molar-refractivity contribution in [1.82, 2.24) is 10.2 Å². The molecule has 0 aliphatic heterocycles. The van der Waals surface area contributed by atoms with Crippen LogP contribution in [0.25, 0.3) is 0 Å². The summed E-state index contributed by atoms with van der Waals surface area (Å²) in [7, 11) is 0. The number of anilines is 1. The number of furan rings is 2. The minimum atomic E-state index is -0.320. The normalized spacial score (nSPS) is 10.5. The van der Waals surface area contributed by atoms with Crippen LogP contribution in [0.2, 0.25) is 0 Å². The lowest BCUT2D eigenvalue weighted by Crippen LogP contribution is -2.34. The van der Waals surface area contributed by atoms with Gasteiger partial charge in [0.15, 0.2) is 0 Å². The molecule has 0 radical (unpaired) electrons. The second kappa shape index (κ2) is 10.6. The van der Waals surface area contributed by atoms with Crippen LogP contribution in [0, 0.1) is 11.3 Å². The fourth-order valence-corrected chi connectivity index (χ4v) is 2.90. The van der Waals surface area contributed by atoms with E-state index in [1.165, 1.54) is 6.26 Å². The van der Waals surface area contributed by atoms with Crippen LogP contribution in [0.15, 0.2) is 69.9 Å². The minimum Gasteiger partial charge on any atom is -0.468 e. The summed E-state index contributed by atoms with van der Waals surface area (Å²) in [4.78, 5) is 27.0. The molecule has 0 fully saturated rings. The molecule has 0 unspecified atom stereocenters. The van der Waals surface area contributed by atoms with Crippen molar-refractivity contribution in [3.8, 4) is 6.07 Å². The molecule has 8 nitrogen and oxygen atoms in total. The molecule has 8 heteroatoms. The fourth-order valence-electron chi connectivity index (χ4n) is 2.90. The lowest BCUT2D eigenvalue weighted by atomic mass is 10.1. The number of rotatable bonds is 10. The topological polar surface area (TPSA) is 112 Å². The molecular formula is C22H22N4O4. The molecule has 0 saturated carbocycles. The first-order chi connectivity index (χ1) is 14.7. The Labute approximate surface area is 174 Å². The summed E-state index contributed by atoms with van der Waals surface area (Å²) in [5, 5.41) is 14.4. The minimum absolute atomic E-state index is 0.0602. The van der Waals surface area contributed by atoms with Crippen LogP contribution in [-0.4, -0.2) is 29.8 Å². The van der Waals surface area contributed by atoms with Gasteiger partial charge in [0.05, 0.1) is 49.5 Å². The SMILES string of the molecule is N#CCCN(CC(=O)Nc1ccccc1C(=O)NCc1ccco1)Cc1ccco1. The predicted octanol–water partition coefficient (Wildman–Crippen LogP) is 3.16. The molecule has 0 aliphatic rings. The van der Waals surface area contributed by atoms with E-state index >= 15 is 0 Å². The van der Waals surface area contributed by atoms with Gasteiger partial charge in [-0.2, -0.15) is 5.26 Å². The van der Waals surface area contributed by atoms with Gasteiger partial charge in [-0.1, -0.05) is 12.1 Å². The first kappa shape index (κ1) is 20.9. The summed E-state index contributed by atoms with van der Waals surface area (Å²) in [6.07, 6.45) is 3.39. The lowest BCUT2D eigenvalue weighted by molar-refractivity contribution is -0.117. The maximum atomic E-state index is 12.6. The fraction of sp³-hybridized carbons (Fsp3) is 0.227. The molecule has 0 atom stereocenters. The molecular weight excluding hydrogens is 384 g/mol. The predicted molar refractivity (Wildman–Crippen MR) is 109 cm³/mol.